The van der Waals surface area contributed by atoms with Crippen LogP contribution in [0.1, 0.15) is 15.9 Å². The molecular formula is C18H20N2O6S. The number of sulfonamides is 1. The quantitative estimate of drug-likeness (QED) is 0.724. The maximum atomic E-state index is 12.1. The fourth-order valence-corrected chi connectivity index (χ4v) is 3.12. The van der Waals surface area contributed by atoms with Crippen LogP contribution < -0.4 is 5.32 Å². The van der Waals surface area contributed by atoms with Crippen LogP contribution in [0.25, 0.3) is 0 Å². The molecule has 9 heteroatoms. The number of phenols is 1. The van der Waals surface area contributed by atoms with E-state index < -0.39 is 28.5 Å². The summed E-state index contributed by atoms with van der Waals surface area (Å²) in [5, 5.41) is 12.3. The summed E-state index contributed by atoms with van der Waals surface area (Å²) in [5.74, 6) is -1.69. The largest absolute Gasteiger partial charge is 0.507 e. The van der Waals surface area contributed by atoms with Crippen molar-refractivity contribution >= 4 is 27.6 Å². The van der Waals surface area contributed by atoms with Gasteiger partial charge in [0, 0.05) is 19.8 Å². The Hall–Kier alpha value is -2.91. The van der Waals surface area contributed by atoms with E-state index in [2.05, 4.69) is 5.32 Å². The molecule has 0 aromatic heterocycles. The Morgan fingerprint density at radius 1 is 1.15 bits per heavy atom. The van der Waals surface area contributed by atoms with E-state index in [9.17, 15) is 23.1 Å². The van der Waals surface area contributed by atoms with Gasteiger partial charge in [-0.2, -0.15) is 0 Å². The number of aromatic hydroxyl groups is 1. The summed E-state index contributed by atoms with van der Waals surface area (Å²) >= 11 is 0. The van der Waals surface area contributed by atoms with Gasteiger partial charge in [0.05, 0.1) is 4.90 Å². The second kappa shape index (κ2) is 8.19. The van der Waals surface area contributed by atoms with Crippen LogP contribution in [0.2, 0.25) is 0 Å². The van der Waals surface area contributed by atoms with Gasteiger partial charge in [-0.15, -0.1) is 0 Å². The number of hydrogen-bond donors (Lipinski definition) is 2. The molecule has 0 spiro atoms. The lowest BCUT2D eigenvalue weighted by molar-refractivity contribution is -0.119. The minimum absolute atomic E-state index is 0.0203. The normalized spacial score (nSPS) is 11.3. The maximum absolute atomic E-state index is 12.1. The van der Waals surface area contributed by atoms with Crippen molar-refractivity contribution in [2.75, 3.05) is 26.0 Å². The third-order valence-electron chi connectivity index (χ3n) is 3.69. The average molecular weight is 392 g/mol. The standard InChI is InChI=1S/C18H20N2O6S/c1-12-6-4-9-15(17(12)22)18(23)26-11-16(21)19-13-7-5-8-14(10-13)27(24,25)20(2)3/h4-10,22H,11H2,1-3H3,(H,19,21). The average Bonchev–Trinajstić information content (AvgIpc) is 2.62. The van der Waals surface area contributed by atoms with Crippen LogP contribution >= 0.6 is 0 Å². The van der Waals surface area contributed by atoms with Crippen LogP contribution in [0.4, 0.5) is 5.69 Å². The van der Waals surface area contributed by atoms with Gasteiger partial charge in [-0.05, 0) is 36.8 Å². The molecule has 0 radical (unpaired) electrons. The number of amides is 1. The molecule has 0 heterocycles. The van der Waals surface area contributed by atoms with Crippen LogP contribution in [0.5, 0.6) is 5.75 Å². The summed E-state index contributed by atoms with van der Waals surface area (Å²) < 4.78 is 30.2. The zero-order valence-electron chi connectivity index (χ0n) is 15.1. The number of ether oxygens (including phenoxy) is 1. The third kappa shape index (κ3) is 4.83. The lowest BCUT2D eigenvalue weighted by Gasteiger charge is -2.13. The number of para-hydroxylation sites is 1. The van der Waals surface area contributed by atoms with Gasteiger partial charge in [0.1, 0.15) is 11.3 Å². The number of nitrogens with one attached hydrogen (secondary N) is 1. The molecule has 2 aromatic rings. The highest BCUT2D eigenvalue weighted by atomic mass is 32.2. The van der Waals surface area contributed by atoms with Crippen LogP contribution in [0, 0.1) is 6.92 Å². The Labute approximate surface area is 157 Å². The molecule has 144 valence electrons. The zero-order valence-corrected chi connectivity index (χ0v) is 15.9. The Morgan fingerprint density at radius 2 is 1.81 bits per heavy atom. The van der Waals surface area contributed by atoms with Crippen LogP contribution in [-0.2, 0) is 19.6 Å². The number of benzene rings is 2. The number of hydrogen-bond acceptors (Lipinski definition) is 6. The molecule has 0 bridgehead atoms. The Kier molecular flexibility index (Phi) is 6.19. The highest BCUT2D eigenvalue weighted by Crippen LogP contribution is 2.22. The highest BCUT2D eigenvalue weighted by Gasteiger charge is 2.18. The van der Waals surface area contributed by atoms with E-state index in [0.717, 1.165) is 4.31 Å². The van der Waals surface area contributed by atoms with Crippen molar-refractivity contribution in [2.45, 2.75) is 11.8 Å². The smallest absolute Gasteiger partial charge is 0.342 e. The molecule has 0 aliphatic heterocycles. The van der Waals surface area contributed by atoms with E-state index in [1.54, 1.807) is 19.1 Å². The number of carbonyl (C=O) groups is 2. The number of aryl methyl sites for hydroxylation is 1. The van der Waals surface area contributed by atoms with Gasteiger partial charge in [-0.25, -0.2) is 17.5 Å². The summed E-state index contributed by atoms with van der Waals surface area (Å²) in [4.78, 5) is 24.0. The minimum Gasteiger partial charge on any atom is -0.507 e. The fourth-order valence-electron chi connectivity index (χ4n) is 2.17. The summed E-state index contributed by atoms with van der Waals surface area (Å²) in [6.07, 6.45) is 0. The summed E-state index contributed by atoms with van der Waals surface area (Å²) in [7, 11) is -0.830. The van der Waals surface area contributed by atoms with E-state index in [4.69, 9.17) is 4.74 Å². The first-order chi connectivity index (χ1) is 12.6. The van der Waals surface area contributed by atoms with E-state index in [1.807, 2.05) is 0 Å². The first-order valence-corrected chi connectivity index (χ1v) is 9.35. The Bertz CT molecular complexity index is 970. The molecule has 0 aliphatic rings. The molecule has 0 fully saturated rings. The third-order valence-corrected chi connectivity index (χ3v) is 5.50. The molecule has 2 aromatic carbocycles. The molecule has 0 atom stereocenters. The van der Waals surface area contributed by atoms with Gasteiger partial charge in [0.15, 0.2) is 6.61 Å². The van der Waals surface area contributed by atoms with Crippen LogP contribution in [-0.4, -0.2) is 50.4 Å². The second-order valence-corrected chi connectivity index (χ2v) is 8.06. The first kappa shape index (κ1) is 20.4. The van der Waals surface area contributed by atoms with Crippen molar-refractivity contribution in [2.24, 2.45) is 0 Å². The van der Waals surface area contributed by atoms with Gasteiger partial charge in [-0.3, -0.25) is 4.79 Å². The summed E-state index contributed by atoms with van der Waals surface area (Å²) in [6, 6.07) is 10.3. The molecule has 8 nitrogen and oxygen atoms in total. The predicted octanol–water partition coefficient (Wildman–Crippen LogP) is 1.75. The molecule has 0 aliphatic carbocycles. The molecule has 2 N–H and O–H groups in total. The van der Waals surface area contributed by atoms with Crippen LogP contribution in [0.3, 0.4) is 0 Å². The van der Waals surface area contributed by atoms with Crippen LogP contribution in [0.15, 0.2) is 47.4 Å². The molecule has 0 unspecified atom stereocenters. The zero-order chi connectivity index (χ0) is 20.2. The number of esters is 1. The molecule has 2 rings (SSSR count). The number of anilines is 1. The summed E-state index contributed by atoms with van der Waals surface area (Å²) in [5.41, 5.74) is 0.715. The van der Waals surface area contributed by atoms with Crippen molar-refractivity contribution in [1.29, 1.82) is 0 Å². The topological polar surface area (TPSA) is 113 Å². The highest BCUT2D eigenvalue weighted by molar-refractivity contribution is 7.89. The van der Waals surface area contributed by atoms with Gasteiger partial charge in [0.25, 0.3) is 5.91 Å². The lowest BCUT2D eigenvalue weighted by Crippen LogP contribution is -2.23. The monoisotopic (exact) mass is 392 g/mol. The van der Waals surface area contributed by atoms with Crippen molar-refractivity contribution < 1.29 is 27.9 Å². The number of rotatable bonds is 6. The van der Waals surface area contributed by atoms with Gasteiger partial charge < -0.3 is 15.2 Å². The van der Waals surface area contributed by atoms with E-state index >= 15 is 0 Å². The van der Waals surface area contributed by atoms with E-state index in [-0.39, 0.29) is 21.9 Å². The number of phenolic OH excluding ortho intramolecular Hbond substituents is 1. The SMILES string of the molecule is Cc1cccc(C(=O)OCC(=O)Nc2cccc(S(=O)(=O)N(C)C)c2)c1O. The summed E-state index contributed by atoms with van der Waals surface area (Å²) in [6.45, 7) is 1.05. The number of nitrogens with zero attached hydrogens (tertiary/aromatic N) is 1. The van der Waals surface area contributed by atoms with Crippen molar-refractivity contribution in [3.05, 3.63) is 53.6 Å². The molecule has 27 heavy (non-hydrogen) atoms. The predicted molar refractivity (Wildman–Crippen MR) is 99.1 cm³/mol. The minimum atomic E-state index is -3.64. The number of carbonyl (C=O) groups excluding carboxylic acids is 2. The van der Waals surface area contributed by atoms with Gasteiger partial charge in [-0.1, -0.05) is 18.2 Å². The molecular weight excluding hydrogens is 372 g/mol. The Balaban J connectivity index is 2.02. The molecule has 1 amide bonds. The van der Waals surface area contributed by atoms with Gasteiger partial charge in [0.2, 0.25) is 10.0 Å². The van der Waals surface area contributed by atoms with Crippen molar-refractivity contribution in [1.82, 2.24) is 4.31 Å². The molecule has 0 saturated heterocycles. The second-order valence-electron chi connectivity index (χ2n) is 5.91. The van der Waals surface area contributed by atoms with Crippen molar-refractivity contribution in [3.63, 3.8) is 0 Å². The Morgan fingerprint density at radius 3 is 2.48 bits per heavy atom. The maximum Gasteiger partial charge on any atom is 0.342 e. The molecule has 0 saturated carbocycles. The van der Waals surface area contributed by atoms with E-state index in [1.165, 1.54) is 44.4 Å². The van der Waals surface area contributed by atoms with E-state index in [0.29, 0.717) is 5.56 Å². The van der Waals surface area contributed by atoms with Crippen molar-refractivity contribution in [3.8, 4) is 5.75 Å². The van der Waals surface area contributed by atoms with Gasteiger partial charge >= 0.3 is 5.97 Å². The first-order valence-electron chi connectivity index (χ1n) is 7.91. The fraction of sp³-hybridized carbons (Fsp3) is 0.222. The lowest BCUT2D eigenvalue weighted by atomic mass is 10.1.